The molecular weight excluding hydrogens is 302 g/mol. The van der Waals surface area contributed by atoms with Crippen molar-refractivity contribution < 1.29 is 9.18 Å². The first-order valence-electron chi connectivity index (χ1n) is 5.70. The van der Waals surface area contributed by atoms with E-state index in [0.717, 1.165) is 11.1 Å². The second kappa shape index (κ2) is 5.79. The number of carbonyl (C=O) groups is 1. The smallest absolute Gasteiger partial charge is 0.255 e. The molecule has 2 aromatic carbocycles. The number of hydrogen-bond acceptors (Lipinski definition) is 3. The fourth-order valence-electron chi connectivity index (χ4n) is 1.97. The lowest BCUT2D eigenvalue weighted by molar-refractivity contribution is 0.107. The first-order chi connectivity index (χ1) is 9.43. The molecule has 0 aromatic heterocycles. The lowest BCUT2D eigenvalue weighted by atomic mass is 9.97. The van der Waals surface area contributed by atoms with Gasteiger partial charge in [0.2, 0.25) is 0 Å². The van der Waals surface area contributed by atoms with Gasteiger partial charge in [-0.05, 0) is 59.5 Å². The SMILES string of the molecule is Cc1c(NN)cc(Cl)cc1-c1ccc(F)c(C(=O)Cl)c1. The number of rotatable bonds is 3. The van der Waals surface area contributed by atoms with Crippen LogP contribution in [-0.2, 0) is 0 Å². The van der Waals surface area contributed by atoms with Crippen LogP contribution in [0.1, 0.15) is 15.9 Å². The van der Waals surface area contributed by atoms with Gasteiger partial charge in [0, 0.05) is 5.02 Å². The second-order valence-corrected chi connectivity index (χ2v) is 5.02. The van der Waals surface area contributed by atoms with Gasteiger partial charge in [-0.2, -0.15) is 0 Å². The van der Waals surface area contributed by atoms with Crippen LogP contribution >= 0.6 is 23.2 Å². The van der Waals surface area contributed by atoms with Gasteiger partial charge in [-0.25, -0.2) is 4.39 Å². The summed E-state index contributed by atoms with van der Waals surface area (Å²) in [5.41, 5.74) is 5.22. The molecule has 0 amide bonds. The average Bonchev–Trinajstić information content (AvgIpc) is 2.41. The van der Waals surface area contributed by atoms with E-state index in [1.165, 1.54) is 12.1 Å². The van der Waals surface area contributed by atoms with Crippen molar-refractivity contribution in [2.75, 3.05) is 5.43 Å². The van der Waals surface area contributed by atoms with Crippen LogP contribution in [0, 0.1) is 12.7 Å². The highest BCUT2D eigenvalue weighted by molar-refractivity contribution is 6.67. The van der Waals surface area contributed by atoms with Gasteiger partial charge in [0.1, 0.15) is 5.82 Å². The lowest BCUT2D eigenvalue weighted by Crippen LogP contribution is -2.08. The van der Waals surface area contributed by atoms with Crippen molar-refractivity contribution in [1.82, 2.24) is 0 Å². The minimum absolute atomic E-state index is 0.175. The highest BCUT2D eigenvalue weighted by Gasteiger charge is 2.13. The van der Waals surface area contributed by atoms with Crippen LogP contribution in [0.15, 0.2) is 30.3 Å². The zero-order valence-electron chi connectivity index (χ0n) is 10.5. The second-order valence-electron chi connectivity index (χ2n) is 4.24. The molecule has 0 spiro atoms. The third-order valence-corrected chi connectivity index (χ3v) is 3.44. The Balaban J connectivity index is 2.65. The van der Waals surface area contributed by atoms with Crippen LogP contribution in [0.4, 0.5) is 10.1 Å². The number of halogens is 3. The summed E-state index contributed by atoms with van der Waals surface area (Å²) in [5, 5.41) is -0.372. The molecule has 0 atom stereocenters. The molecule has 104 valence electrons. The standard InChI is InChI=1S/C14H11Cl2FN2O/c1-7-10(5-9(15)6-13(7)19-18)8-2-3-12(17)11(4-8)14(16)20/h2-6,19H,18H2,1H3. The van der Waals surface area contributed by atoms with Crippen molar-refractivity contribution in [2.45, 2.75) is 6.92 Å². The fraction of sp³-hybridized carbons (Fsp3) is 0.0714. The molecule has 20 heavy (non-hydrogen) atoms. The number of nitrogens with two attached hydrogens (primary N) is 1. The van der Waals surface area contributed by atoms with E-state index in [-0.39, 0.29) is 5.56 Å². The van der Waals surface area contributed by atoms with Gasteiger partial charge in [-0.3, -0.25) is 10.6 Å². The van der Waals surface area contributed by atoms with Crippen LogP contribution in [0.5, 0.6) is 0 Å². The summed E-state index contributed by atoms with van der Waals surface area (Å²) in [6.45, 7) is 1.84. The first-order valence-corrected chi connectivity index (χ1v) is 6.46. The highest BCUT2D eigenvalue weighted by atomic mass is 35.5. The van der Waals surface area contributed by atoms with E-state index >= 15 is 0 Å². The summed E-state index contributed by atoms with van der Waals surface area (Å²) >= 11 is 11.4. The van der Waals surface area contributed by atoms with Crippen molar-refractivity contribution in [2.24, 2.45) is 5.84 Å². The lowest BCUT2D eigenvalue weighted by Gasteiger charge is -2.13. The molecule has 0 saturated heterocycles. The maximum Gasteiger partial charge on any atom is 0.255 e. The summed E-state index contributed by atoms with van der Waals surface area (Å²) in [7, 11) is 0. The predicted octanol–water partition coefficient (Wildman–Crippen LogP) is 4.12. The van der Waals surface area contributed by atoms with Crippen LogP contribution in [-0.4, -0.2) is 5.24 Å². The number of anilines is 1. The molecule has 3 N–H and O–H groups in total. The van der Waals surface area contributed by atoms with Crippen molar-refractivity contribution >= 4 is 34.1 Å². The van der Waals surface area contributed by atoms with Crippen LogP contribution in [0.25, 0.3) is 11.1 Å². The van der Waals surface area contributed by atoms with E-state index in [4.69, 9.17) is 29.0 Å². The number of benzene rings is 2. The summed E-state index contributed by atoms with van der Waals surface area (Å²) in [5.74, 6) is 4.76. The van der Waals surface area contributed by atoms with E-state index in [1.807, 2.05) is 6.92 Å². The third-order valence-electron chi connectivity index (χ3n) is 3.02. The Kier molecular flexibility index (Phi) is 4.28. The van der Waals surface area contributed by atoms with Gasteiger partial charge in [-0.1, -0.05) is 17.7 Å². The zero-order valence-corrected chi connectivity index (χ0v) is 12.0. The van der Waals surface area contributed by atoms with Gasteiger partial charge < -0.3 is 5.43 Å². The first kappa shape index (κ1) is 14.8. The largest absolute Gasteiger partial charge is 0.324 e. The van der Waals surface area contributed by atoms with E-state index in [1.54, 1.807) is 18.2 Å². The van der Waals surface area contributed by atoms with Gasteiger partial charge in [-0.15, -0.1) is 0 Å². The maximum absolute atomic E-state index is 13.5. The van der Waals surface area contributed by atoms with Crippen LogP contribution < -0.4 is 11.3 Å². The van der Waals surface area contributed by atoms with Crippen LogP contribution in [0.2, 0.25) is 5.02 Å². The molecule has 0 radical (unpaired) electrons. The number of hydrogen-bond donors (Lipinski definition) is 2. The Labute approximate surface area is 125 Å². The predicted molar refractivity (Wildman–Crippen MR) is 79.6 cm³/mol. The molecule has 0 bridgehead atoms. The Morgan fingerprint density at radius 1 is 1.30 bits per heavy atom. The third kappa shape index (κ3) is 2.77. The minimum Gasteiger partial charge on any atom is -0.324 e. The summed E-state index contributed by atoms with van der Waals surface area (Å²) in [4.78, 5) is 11.2. The quantitative estimate of drug-likeness (QED) is 0.509. The van der Waals surface area contributed by atoms with Crippen molar-refractivity contribution in [3.05, 3.63) is 52.3 Å². The van der Waals surface area contributed by atoms with Crippen molar-refractivity contribution in [1.29, 1.82) is 0 Å². The molecule has 0 aliphatic heterocycles. The van der Waals surface area contributed by atoms with E-state index < -0.39 is 11.1 Å². The van der Waals surface area contributed by atoms with Crippen LogP contribution in [0.3, 0.4) is 0 Å². The molecule has 0 saturated carbocycles. The highest BCUT2D eigenvalue weighted by Crippen LogP contribution is 2.33. The van der Waals surface area contributed by atoms with Gasteiger partial charge in [0.15, 0.2) is 0 Å². The monoisotopic (exact) mass is 312 g/mol. The molecule has 2 rings (SSSR count). The average molecular weight is 313 g/mol. The van der Waals surface area contributed by atoms with E-state index in [0.29, 0.717) is 16.3 Å². The number of nitrogen functional groups attached to an aromatic ring is 1. The molecule has 2 aromatic rings. The molecule has 3 nitrogen and oxygen atoms in total. The topological polar surface area (TPSA) is 55.1 Å². The Morgan fingerprint density at radius 2 is 2.00 bits per heavy atom. The van der Waals surface area contributed by atoms with Crippen molar-refractivity contribution in [3.63, 3.8) is 0 Å². The number of nitrogens with one attached hydrogen (secondary N) is 1. The maximum atomic E-state index is 13.5. The summed E-state index contributed by atoms with van der Waals surface area (Å²) in [6, 6.07) is 7.53. The molecular formula is C14H11Cl2FN2O. The fourth-order valence-corrected chi connectivity index (χ4v) is 2.34. The van der Waals surface area contributed by atoms with Gasteiger partial charge in [0.25, 0.3) is 5.24 Å². The summed E-state index contributed by atoms with van der Waals surface area (Å²) < 4.78 is 13.5. The molecule has 0 heterocycles. The zero-order chi connectivity index (χ0) is 14.9. The minimum atomic E-state index is -0.846. The molecule has 0 aliphatic carbocycles. The van der Waals surface area contributed by atoms with Gasteiger partial charge >= 0.3 is 0 Å². The van der Waals surface area contributed by atoms with Gasteiger partial charge in [0.05, 0.1) is 11.3 Å². The molecule has 0 aliphatic rings. The molecule has 0 fully saturated rings. The Morgan fingerprint density at radius 3 is 2.60 bits per heavy atom. The van der Waals surface area contributed by atoms with Crippen molar-refractivity contribution in [3.8, 4) is 11.1 Å². The van der Waals surface area contributed by atoms with E-state index in [2.05, 4.69) is 5.43 Å². The summed E-state index contributed by atoms with van der Waals surface area (Å²) in [6.07, 6.45) is 0. The molecule has 6 heteroatoms. The Bertz CT molecular complexity index is 689. The Hall–Kier alpha value is -1.62. The molecule has 0 unspecified atom stereocenters. The number of carbonyl (C=O) groups excluding carboxylic acids is 1. The van der Waals surface area contributed by atoms with E-state index in [9.17, 15) is 9.18 Å². The number of hydrazine groups is 1. The normalized spacial score (nSPS) is 10.4.